The SMILES string of the molecule is O=C(O)c1ccc2c(Nc3ccccc3Br)ncnc2c1. The van der Waals surface area contributed by atoms with Gasteiger partial charge in [-0.05, 0) is 46.3 Å². The van der Waals surface area contributed by atoms with Crippen LogP contribution in [0.25, 0.3) is 10.9 Å². The van der Waals surface area contributed by atoms with Crippen molar-refractivity contribution in [1.29, 1.82) is 0 Å². The van der Waals surface area contributed by atoms with Crippen LogP contribution in [0.3, 0.4) is 0 Å². The largest absolute Gasteiger partial charge is 0.478 e. The molecule has 0 aliphatic heterocycles. The zero-order chi connectivity index (χ0) is 14.8. The lowest BCUT2D eigenvalue weighted by Gasteiger charge is -2.10. The normalized spacial score (nSPS) is 10.5. The number of carboxylic acids is 1. The Balaban J connectivity index is 2.07. The highest BCUT2D eigenvalue weighted by Gasteiger charge is 2.09. The molecule has 3 rings (SSSR count). The molecule has 104 valence electrons. The second-order valence-corrected chi connectivity index (χ2v) is 5.22. The molecule has 2 aromatic carbocycles. The first-order valence-corrected chi connectivity index (χ1v) is 6.94. The molecule has 0 radical (unpaired) electrons. The number of para-hydroxylation sites is 1. The summed E-state index contributed by atoms with van der Waals surface area (Å²) in [5.74, 6) is -0.348. The minimum atomic E-state index is -0.976. The van der Waals surface area contributed by atoms with Gasteiger partial charge in [0.05, 0.1) is 16.8 Å². The van der Waals surface area contributed by atoms with Crippen molar-refractivity contribution in [3.05, 3.63) is 58.8 Å². The van der Waals surface area contributed by atoms with Crippen LogP contribution in [0.2, 0.25) is 0 Å². The van der Waals surface area contributed by atoms with Crippen LogP contribution in [0.5, 0.6) is 0 Å². The first kappa shape index (κ1) is 13.5. The van der Waals surface area contributed by atoms with E-state index < -0.39 is 5.97 Å². The Bertz CT molecular complexity index is 836. The number of fused-ring (bicyclic) bond motifs is 1. The highest BCUT2D eigenvalue weighted by molar-refractivity contribution is 9.10. The number of nitrogens with one attached hydrogen (secondary N) is 1. The van der Waals surface area contributed by atoms with Gasteiger partial charge in [0.25, 0.3) is 0 Å². The number of aromatic carboxylic acids is 1. The molecule has 0 aliphatic carbocycles. The Morgan fingerprint density at radius 3 is 2.71 bits per heavy atom. The number of aromatic nitrogens is 2. The second kappa shape index (κ2) is 5.49. The summed E-state index contributed by atoms with van der Waals surface area (Å²) in [6, 6.07) is 12.5. The van der Waals surface area contributed by atoms with E-state index in [2.05, 4.69) is 31.2 Å². The van der Waals surface area contributed by atoms with Crippen molar-refractivity contribution in [3.8, 4) is 0 Å². The number of rotatable bonds is 3. The van der Waals surface area contributed by atoms with Gasteiger partial charge in [0.1, 0.15) is 12.1 Å². The predicted octanol–water partition coefficient (Wildman–Crippen LogP) is 3.83. The lowest BCUT2D eigenvalue weighted by Crippen LogP contribution is -1.99. The van der Waals surface area contributed by atoms with Crippen molar-refractivity contribution in [2.75, 3.05) is 5.32 Å². The lowest BCUT2D eigenvalue weighted by molar-refractivity contribution is 0.0697. The van der Waals surface area contributed by atoms with Gasteiger partial charge in [-0.1, -0.05) is 12.1 Å². The van der Waals surface area contributed by atoms with Gasteiger partial charge in [-0.15, -0.1) is 0 Å². The van der Waals surface area contributed by atoms with Crippen LogP contribution in [0.4, 0.5) is 11.5 Å². The number of carboxylic acid groups (broad SMARTS) is 1. The summed E-state index contributed by atoms with van der Waals surface area (Å²) >= 11 is 3.46. The number of anilines is 2. The summed E-state index contributed by atoms with van der Waals surface area (Å²) in [5.41, 5.74) is 1.66. The maximum atomic E-state index is 11.0. The zero-order valence-corrected chi connectivity index (χ0v) is 12.3. The van der Waals surface area contributed by atoms with Crippen molar-refractivity contribution in [3.63, 3.8) is 0 Å². The van der Waals surface area contributed by atoms with Gasteiger partial charge in [-0.2, -0.15) is 0 Å². The fourth-order valence-corrected chi connectivity index (χ4v) is 2.36. The fourth-order valence-electron chi connectivity index (χ4n) is 1.98. The topological polar surface area (TPSA) is 75.1 Å². The molecule has 0 saturated heterocycles. The molecule has 0 bridgehead atoms. The van der Waals surface area contributed by atoms with Crippen LogP contribution in [0.15, 0.2) is 53.3 Å². The quantitative estimate of drug-likeness (QED) is 0.755. The monoisotopic (exact) mass is 343 g/mol. The molecule has 3 aromatic rings. The van der Waals surface area contributed by atoms with Crippen molar-refractivity contribution in [1.82, 2.24) is 9.97 Å². The van der Waals surface area contributed by atoms with E-state index in [0.29, 0.717) is 11.3 Å². The minimum absolute atomic E-state index is 0.202. The van der Waals surface area contributed by atoms with E-state index in [1.165, 1.54) is 12.4 Å². The number of benzene rings is 2. The Morgan fingerprint density at radius 2 is 1.95 bits per heavy atom. The molecule has 6 heteroatoms. The number of hydrogen-bond acceptors (Lipinski definition) is 4. The van der Waals surface area contributed by atoms with Gasteiger partial charge in [0.2, 0.25) is 0 Å². The van der Waals surface area contributed by atoms with Crippen molar-refractivity contribution in [2.45, 2.75) is 0 Å². The van der Waals surface area contributed by atoms with E-state index in [4.69, 9.17) is 5.11 Å². The number of hydrogen-bond donors (Lipinski definition) is 2. The van der Waals surface area contributed by atoms with E-state index >= 15 is 0 Å². The van der Waals surface area contributed by atoms with Crippen LogP contribution in [-0.2, 0) is 0 Å². The maximum Gasteiger partial charge on any atom is 0.335 e. The average molecular weight is 344 g/mol. The first-order valence-electron chi connectivity index (χ1n) is 6.15. The molecule has 0 saturated carbocycles. The Kier molecular flexibility index (Phi) is 3.53. The maximum absolute atomic E-state index is 11.0. The third-order valence-electron chi connectivity index (χ3n) is 3.01. The molecule has 1 aromatic heterocycles. The third-order valence-corrected chi connectivity index (χ3v) is 3.70. The van der Waals surface area contributed by atoms with Gasteiger partial charge < -0.3 is 10.4 Å². The molecule has 0 spiro atoms. The van der Waals surface area contributed by atoms with Crippen molar-refractivity contribution >= 4 is 44.3 Å². The molecule has 1 heterocycles. The summed E-state index contributed by atoms with van der Waals surface area (Å²) in [7, 11) is 0. The molecule has 0 aliphatic rings. The van der Waals surface area contributed by atoms with E-state index in [1.54, 1.807) is 12.1 Å². The highest BCUT2D eigenvalue weighted by Crippen LogP contribution is 2.28. The van der Waals surface area contributed by atoms with E-state index in [-0.39, 0.29) is 5.56 Å². The summed E-state index contributed by atoms with van der Waals surface area (Å²) in [6.07, 6.45) is 1.41. The van der Waals surface area contributed by atoms with Gasteiger partial charge in [0, 0.05) is 9.86 Å². The first-order chi connectivity index (χ1) is 10.1. The molecule has 0 amide bonds. The summed E-state index contributed by atoms with van der Waals surface area (Å²) < 4.78 is 0.916. The second-order valence-electron chi connectivity index (χ2n) is 4.36. The van der Waals surface area contributed by atoms with Crippen LogP contribution < -0.4 is 5.32 Å². The smallest absolute Gasteiger partial charge is 0.335 e. The standard InChI is InChI=1S/C15H10BrN3O2/c16-11-3-1-2-4-12(11)19-14-10-6-5-9(15(20)21)7-13(10)17-8-18-14/h1-8H,(H,20,21)(H,17,18,19). The molecule has 0 fully saturated rings. The number of carbonyl (C=O) groups is 1. The highest BCUT2D eigenvalue weighted by atomic mass is 79.9. The fraction of sp³-hybridized carbons (Fsp3) is 0. The summed E-state index contributed by atoms with van der Waals surface area (Å²) in [6.45, 7) is 0. The molecule has 21 heavy (non-hydrogen) atoms. The van der Waals surface area contributed by atoms with Gasteiger partial charge in [-0.25, -0.2) is 14.8 Å². The Labute approximate surface area is 128 Å². The van der Waals surface area contributed by atoms with Gasteiger partial charge in [0.15, 0.2) is 0 Å². The number of nitrogens with zero attached hydrogens (tertiary/aromatic N) is 2. The van der Waals surface area contributed by atoms with Crippen molar-refractivity contribution < 1.29 is 9.90 Å². The van der Waals surface area contributed by atoms with Crippen LogP contribution in [-0.4, -0.2) is 21.0 Å². The molecular weight excluding hydrogens is 334 g/mol. The Morgan fingerprint density at radius 1 is 1.14 bits per heavy atom. The average Bonchev–Trinajstić information content (AvgIpc) is 2.49. The van der Waals surface area contributed by atoms with Crippen molar-refractivity contribution in [2.24, 2.45) is 0 Å². The molecular formula is C15H10BrN3O2. The van der Waals surface area contributed by atoms with Crippen LogP contribution >= 0.6 is 15.9 Å². The molecule has 0 unspecified atom stereocenters. The molecule has 0 atom stereocenters. The molecule has 5 nitrogen and oxygen atoms in total. The summed E-state index contributed by atoms with van der Waals surface area (Å²) in [5, 5.41) is 13.0. The zero-order valence-electron chi connectivity index (χ0n) is 10.7. The third kappa shape index (κ3) is 2.71. The van der Waals surface area contributed by atoms with Crippen LogP contribution in [0, 0.1) is 0 Å². The van der Waals surface area contributed by atoms with E-state index in [0.717, 1.165) is 15.5 Å². The van der Waals surface area contributed by atoms with Crippen LogP contribution in [0.1, 0.15) is 10.4 Å². The van der Waals surface area contributed by atoms with E-state index in [1.807, 2.05) is 24.3 Å². The Hall–Kier alpha value is -2.47. The lowest BCUT2D eigenvalue weighted by atomic mass is 10.1. The number of halogens is 1. The summed E-state index contributed by atoms with van der Waals surface area (Å²) in [4.78, 5) is 19.4. The van der Waals surface area contributed by atoms with E-state index in [9.17, 15) is 4.79 Å². The molecule has 2 N–H and O–H groups in total. The van der Waals surface area contributed by atoms with Gasteiger partial charge >= 0.3 is 5.97 Å². The predicted molar refractivity (Wildman–Crippen MR) is 83.9 cm³/mol. The van der Waals surface area contributed by atoms with Gasteiger partial charge in [-0.3, -0.25) is 0 Å². The minimum Gasteiger partial charge on any atom is -0.478 e.